The first-order chi connectivity index (χ1) is 34.8. The van der Waals surface area contributed by atoms with Crippen LogP contribution in [0.15, 0.2) is 180 Å². The average molecular weight is 1020 g/mol. The summed E-state index contributed by atoms with van der Waals surface area (Å²) in [5, 5.41) is 78.7. The number of nitro groups is 1. The Kier molecular flexibility index (Phi) is 32.6. The number of hydrogen-bond acceptors (Lipinski definition) is 21. The maximum absolute atomic E-state index is 10.5. The molecular formula is C48H58N6O19+2. The summed E-state index contributed by atoms with van der Waals surface area (Å²) in [5.74, 6) is 0. The lowest BCUT2D eigenvalue weighted by molar-refractivity contribution is -0.954. The molecule has 2 aliphatic carbocycles. The molecule has 0 fully saturated rings. The minimum Gasteiger partial charge on any atom is -0.503 e. The molecule has 0 bridgehead atoms. The van der Waals surface area contributed by atoms with Crippen molar-refractivity contribution in [2.75, 3.05) is 47.9 Å². The summed E-state index contributed by atoms with van der Waals surface area (Å²) in [7, 11) is 8.36. The summed E-state index contributed by atoms with van der Waals surface area (Å²) in [5.41, 5.74) is 4.87. The van der Waals surface area contributed by atoms with Gasteiger partial charge in [0.1, 0.15) is 17.1 Å². The highest BCUT2D eigenvalue weighted by molar-refractivity contribution is 6.08. The summed E-state index contributed by atoms with van der Waals surface area (Å²) >= 11 is 0. The van der Waals surface area contributed by atoms with Crippen molar-refractivity contribution in [3.63, 3.8) is 0 Å². The highest BCUT2D eigenvalue weighted by atomic mass is 16.9. The zero-order valence-corrected chi connectivity index (χ0v) is 40.2. The van der Waals surface area contributed by atoms with Crippen molar-refractivity contribution >= 4 is 40.5 Å². The SMILES string of the molecule is CO.COC(O)c1ccccc1N=O.COC1ON(O)c2ccccc21.COC=C1C=CC=C/C1=[N+](\[O-])O.COC=C1C=CC=CC1=[N+](O)O.COCc1ccccc1[N+](=O)[O-].O.O=Cc1ccccc1N=O.[H+]. The van der Waals surface area contributed by atoms with Crippen LogP contribution in [0, 0.1) is 25.1 Å². The second-order valence-electron chi connectivity index (χ2n) is 13.2. The molecule has 8 N–H and O–H groups in total. The number of aldehydes is 1. The minimum absolute atomic E-state index is 0. The van der Waals surface area contributed by atoms with Crippen LogP contribution in [0.4, 0.5) is 22.7 Å². The molecule has 1 aliphatic heterocycles. The number of benzene rings is 4. The summed E-state index contributed by atoms with van der Waals surface area (Å²) in [6.07, 6.45) is 15.1. The van der Waals surface area contributed by atoms with Gasteiger partial charge in [0.25, 0.3) is 11.4 Å². The summed E-state index contributed by atoms with van der Waals surface area (Å²) < 4.78 is 23.9. The number of methoxy groups -OCH3 is 5. The van der Waals surface area contributed by atoms with Gasteiger partial charge in [0.2, 0.25) is 11.2 Å². The molecule has 2 unspecified atom stereocenters. The first-order valence-corrected chi connectivity index (χ1v) is 20.4. The highest BCUT2D eigenvalue weighted by Gasteiger charge is 2.28. The van der Waals surface area contributed by atoms with Crippen LogP contribution in [0.2, 0.25) is 0 Å². The van der Waals surface area contributed by atoms with Crippen LogP contribution in [0.1, 0.15) is 41.1 Å². The highest BCUT2D eigenvalue weighted by Crippen LogP contribution is 2.36. The summed E-state index contributed by atoms with van der Waals surface area (Å²) in [6, 6.07) is 26.7. The van der Waals surface area contributed by atoms with Crippen molar-refractivity contribution in [3.05, 3.63) is 217 Å². The molecule has 4 aromatic rings. The topological polar surface area (TPSA) is 360 Å². The molecule has 3 aliphatic rings. The van der Waals surface area contributed by atoms with Gasteiger partial charge in [0.05, 0.1) is 55.0 Å². The van der Waals surface area contributed by atoms with E-state index in [2.05, 4.69) is 15.1 Å². The largest absolute Gasteiger partial charge is 1.00 e. The van der Waals surface area contributed by atoms with E-state index in [9.17, 15) is 40.2 Å². The predicted molar refractivity (Wildman–Crippen MR) is 265 cm³/mol. The number of nitroso groups, excluding NO2 is 2. The predicted octanol–water partition coefficient (Wildman–Crippen LogP) is 7.59. The van der Waals surface area contributed by atoms with Gasteiger partial charge < -0.3 is 44.6 Å². The summed E-state index contributed by atoms with van der Waals surface area (Å²) in [4.78, 5) is 45.3. The molecule has 0 saturated carbocycles. The molecule has 25 nitrogen and oxygen atoms in total. The van der Waals surface area contributed by atoms with E-state index in [1.54, 1.807) is 103 Å². The molecule has 73 heavy (non-hydrogen) atoms. The van der Waals surface area contributed by atoms with Gasteiger partial charge in [-0.3, -0.25) is 25.3 Å². The number of anilines is 1. The number of aliphatic hydroxyl groups excluding tert-OH is 2. The minimum atomic E-state index is -1.08. The van der Waals surface area contributed by atoms with Gasteiger partial charge in [-0.2, -0.15) is 0 Å². The van der Waals surface area contributed by atoms with Crippen molar-refractivity contribution in [3.8, 4) is 0 Å². The van der Waals surface area contributed by atoms with E-state index >= 15 is 0 Å². The lowest BCUT2D eigenvalue weighted by Gasteiger charge is -2.08. The van der Waals surface area contributed by atoms with Crippen LogP contribution in [-0.2, 0) is 35.1 Å². The van der Waals surface area contributed by atoms with Crippen molar-refractivity contribution in [1.82, 2.24) is 0 Å². The van der Waals surface area contributed by atoms with Crippen molar-refractivity contribution < 1.29 is 86.0 Å². The Balaban J connectivity index is 0. The summed E-state index contributed by atoms with van der Waals surface area (Å²) in [6.45, 7) is 0.275. The van der Waals surface area contributed by atoms with Crippen LogP contribution in [-0.4, -0.2) is 112 Å². The molecule has 392 valence electrons. The lowest BCUT2D eigenvalue weighted by Crippen LogP contribution is -2.15. The second-order valence-corrected chi connectivity index (χ2v) is 13.2. The van der Waals surface area contributed by atoms with Gasteiger partial charge in [-0.05, 0) is 52.8 Å². The quantitative estimate of drug-likeness (QED) is 0.0123. The Morgan fingerprint density at radius 3 is 1.75 bits per heavy atom. The number of carbonyl (C=O) groups excluding carboxylic acids is 1. The molecule has 0 saturated heterocycles. The van der Waals surface area contributed by atoms with E-state index in [0.717, 1.165) is 17.9 Å². The van der Waals surface area contributed by atoms with E-state index in [4.69, 9.17) is 44.5 Å². The number of aliphatic hydroxyl groups is 2. The number of hydrogen-bond donors (Lipinski definition) is 6. The molecule has 7 rings (SSSR count). The Morgan fingerprint density at radius 2 is 1.25 bits per heavy atom. The number of allylic oxidation sites excluding steroid dienone is 10. The van der Waals surface area contributed by atoms with Gasteiger partial charge in [0.15, 0.2) is 12.6 Å². The molecule has 0 radical (unpaired) electrons. The number of para-hydroxylation sites is 2. The second kappa shape index (κ2) is 37.1. The lowest BCUT2D eigenvalue weighted by atomic mass is 10.1. The van der Waals surface area contributed by atoms with Gasteiger partial charge in [-0.15, -0.1) is 15.0 Å². The van der Waals surface area contributed by atoms with E-state index < -0.39 is 17.5 Å². The third-order valence-corrected chi connectivity index (χ3v) is 8.77. The molecule has 0 amide bonds. The van der Waals surface area contributed by atoms with Crippen LogP contribution in [0.25, 0.3) is 0 Å². The fourth-order valence-electron chi connectivity index (χ4n) is 5.56. The standard InChI is InChI=1S/C8H9NO3.C8H10NO3.3C8H9NO3.C7H5NO2.CH4O.H2O/c1-11-8-6-4-2-3-5-7(6)9(10)12-8;3*1-12-6-7-4-2-3-5-8(7)9(10)11;1-12-8(10)6-4-2-3-5-7(6)9-11;9-5-6-3-1-2-4-7(6)8-10;1-2;/h2-5,8,10H,1H3;2-6,10-11H,1H3;2-5H,6H2,1H3;2-6H,1H3,(H,10,11);2-5,8,10H,1H3;1-5H;2H,1H3;1H2/q;+1;;;;;;/p+1. The van der Waals surface area contributed by atoms with Gasteiger partial charge in [-0.25, -0.2) is 15.3 Å². The molecule has 0 aromatic heterocycles. The Bertz CT molecular complexity index is 2510. The number of ether oxygens (including phenoxy) is 5. The van der Waals surface area contributed by atoms with Crippen LogP contribution in [0.3, 0.4) is 0 Å². The van der Waals surface area contributed by atoms with Gasteiger partial charge in [0, 0.05) is 68.3 Å². The van der Waals surface area contributed by atoms with E-state index in [0.29, 0.717) is 39.8 Å². The van der Waals surface area contributed by atoms with E-state index in [1.807, 2.05) is 18.2 Å². The van der Waals surface area contributed by atoms with Crippen LogP contribution >= 0.6 is 0 Å². The maximum atomic E-state index is 10.5. The monoisotopic (exact) mass is 1020 g/mol. The van der Waals surface area contributed by atoms with Crippen molar-refractivity contribution in [1.29, 1.82) is 0 Å². The zero-order valence-electron chi connectivity index (χ0n) is 41.2. The Labute approximate surface area is 419 Å². The smallest absolute Gasteiger partial charge is 0.503 e. The maximum Gasteiger partial charge on any atom is 1.00 e. The Hall–Kier alpha value is -8.79. The van der Waals surface area contributed by atoms with Gasteiger partial charge >= 0.3 is 7.14 Å². The number of nitrogens with zero attached hydrogens (tertiary/aromatic N) is 6. The fraction of sp³-hybridized carbons (Fsp3) is 0.188. The number of nitro benzene ring substituents is 1. The van der Waals surface area contributed by atoms with Crippen molar-refractivity contribution in [2.24, 2.45) is 10.4 Å². The third kappa shape index (κ3) is 21.8. The van der Waals surface area contributed by atoms with E-state index in [-0.39, 0.29) is 51.8 Å². The number of rotatable bonds is 11. The molecular weight excluding hydrogens is 965 g/mol. The number of fused-ring (bicyclic) bond motifs is 1. The third-order valence-electron chi connectivity index (χ3n) is 8.77. The van der Waals surface area contributed by atoms with Gasteiger partial charge in [-0.1, -0.05) is 85.0 Å². The molecule has 2 atom stereocenters. The molecule has 0 spiro atoms. The zero-order chi connectivity index (χ0) is 53.8. The first-order valence-electron chi connectivity index (χ1n) is 20.4. The van der Waals surface area contributed by atoms with Crippen LogP contribution < -0.4 is 5.23 Å². The molecule has 25 heteroatoms. The van der Waals surface area contributed by atoms with Crippen molar-refractivity contribution in [2.45, 2.75) is 19.2 Å². The first kappa shape index (κ1) is 64.2. The van der Waals surface area contributed by atoms with Crippen LogP contribution in [0.5, 0.6) is 0 Å². The molecule has 4 aromatic carbocycles. The molecule has 1 heterocycles. The van der Waals surface area contributed by atoms with E-state index in [1.165, 1.54) is 72.3 Å². The normalized spacial score (nSPS) is 15.2. The number of carbonyl (C=O) groups is 1. The fourth-order valence-corrected chi connectivity index (χ4v) is 5.56. The Morgan fingerprint density at radius 1 is 0.740 bits per heavy atom. The average Bonchev–Trinajstić information content (AvgIpc) is 3.75.